The number of anilines is 1. The average Bonchev–Trinajstić information content (AvgIpc) is 2.44. The first-order valence-corrected chi connectivity index (χ1v) is 9.01. The number of aryl methyl sites for hydroxylation is 2. The molecule has 5 heteroatoms. The molecule has 1 aromatic heterocycles. The molecule has 118 valence electrons. The van der Waals surface area contributed by atoms with E-state index in [9.17, 15) is 8.42 Å². The van der Waals surface area contributed by atoms with Gasteiger partial charge in [-0.1, -0.05) is 19.1 Å². The number of benzene rings is 1. The summed E-state index contributed by atoms with van der Waals surface area (Å²) in [6, 6.07) is 9.58. The van der Waals surface area contributed by atoms with E-state index in [0.717, 1.165) is 22.4 Å². The second-order valence-electron chi connectivity index (χ2n) is 5.53. The Labute approximate surface area is 132 Å². The fraction of sp³-hybridized carbons (Fsp3) is 0.353. The number of nitrogens with zero attached hydrogens (tertiary/aromatic N) is 2. The van der Waals surface area contributed by atoms with Crippen molar-refractivity contribution in [2.45, 2.75) is 33.7 Å². The Morgan fingerprint density at radius 2 is 1.82 bits per heavy atom. The Bertz CT molecular complexity index is 707. The quantitative estimate of drug-likeness (QED) is 0.820. The standard InChI is InChI=1S/C17H22N2O2S/c1-4-8-22(20,21)19(13-16-6-5-7-18-12-16)17-10-14(2)9-15(3)11-17/h5-7,9-12H,4,8,13H2,1-3H3. The molecule has 0 aliphatic heterocycles. The number of aromatic nitrogens is 1. The van der Waals surface area contributed by atoms with Gasteiger partial charge in [-0.3, -0.25) is 9.29 Å². The van der Waals surface area contributed by atoms with Crippen LogP contribution in [0.3, 0.4) is 0 Å². The van der Waals surface area contributed by atoms with Crippen LogP contribution in [0.5, 0.6) is 0 Å². The van der Waals surface area contributed by atoms with Gasteiger partial charge < -0.3 is 0 Å². The molecular weight excluding hydrogens is 296 g/mol. The fourth-order valence-electron chi connectivity index (χ4n) is 2.47. The van der Waals surface area contributed by atoms with Crippen LogP contribution < -0.4 is 4.31 Å². The van der Waals surface area contributed by atoms with Crippen molar-refractivity contribution in [1.29, 1.82) is 0 Å². The van der Waals surface area contributed by atoms with Gasteiger partial charge in [-0.15, -0.1) is 0 Å². The number of hydrogen-bond acceptors (Lipinski definition) is 3. The molecule has 4 nitrogen and oxygen atoms in total. The largest absolute Gasteiger partial charge is 0.266 e. The van der Waals surface area contributed by atoms with Crippen LogP contribution >= 0.6 is 0 Å². The van der Waals surface area contributed by atoms with Crippen molar-refractivity contribution in [3.05, 3.63) is 59.4 Å². The first kappa shape index (κ1) is 16.5. The van der Waals surface area contributed by atoms with Crippen molar-refractivity contribution in [3.8, 4) is 0 Å². The number of hydrogen-bond donors (Lipinski definition) is 0. The van der Waals surface area contributed by atoms with Crippen LogP contribution in [-0.2, 0) is 16.6 Å². The van der Waals surface area contributed by atoms with Crippen molar-refractivity contribution in [3.63, 3.8) is 0 Å². The molecule has 0 radical (unpaired) electrons. The molecule has 0 spiro atoms. The topological polar surface area (TPSA) is 50.3 Å². The SMILES string of the molecule is CCCS(=O)(=O)N(Cc1cccnc1)c1cc(C)cc(C)c1. The van der Waals surface area contributed by atoms with Gasteiger partial charge in [0, 0.05) is 12.4 Å². The summed E-state index contributed by atoms with van der Waals surface area (Å²) in [6.45, 7) is 6.14. The zero-order valence-electron chi connectivity index (χ0n) is 13.3. The summed E-state index contributed by atoms with van der Waals surface area (Å²) < 4.78 is 26.8. The molecule has 0 saturated heterocycles. The monoisotopic (exact) mass is 318 g/mol. The van der Waals surface area contributed by atoms with Gasteiger partial charge in [-0.2, -0.15) is 0 Å². The van der Waals surface area contributed by atoms with Crippen LogP contribution in [0.1, 0.15) is 30.0 Å². The van der Waals surface area contributed by atoms with E-state index in [2.05, 4.69) is 4.98 Å². The number of sulfonamides is 1. The number of rotatable bonds is 6. The van der Waals surface area contributed by atoms with E-state index in [4.69, 9.17) is 0 Å². The molecule has 1 aromatic carbocycles. The van der Waals surface area contributed by atoms with E-state index in [1.165, 1.54) is 4.31 Å². The minimum absolute atomic E-state index is 0.139. The van der Waals surface area contributed by atoms with Crippen molar-refractivity contribution >= 4 is 15.7 Å². The van der Waals surface area contributed by atoms with Gasteiger partial charge in [0.05, 0.1) is 18.0 Å². The zero-order chi connectivity index (χ0) is 16.2. The summed E-state index contributed by atoms with van der Waals surface area (Å²) in [5.74, 6) is 0.139. The molecule has 0 aliphatic rings. The van der Waals surface area contributed by atoms with Crippen LogP contribution in [-0.4, -0.2) is 19.2 Å². The highest BCUT2D eigenvalue weighted by Gasteiger charge is 2.22. The van der Waals surface area contributed by atoms with Gasteiger partial charge in [-0.25, -0.2) is 8.42 Å². The van der Waals surface area contributed by atoms with Gasteiger partial charge in [0.15, 0.2) is 0 Å². The third-order valence-electron chi connectivity index (χ3n) is 3.34. The highest BCUT2D eigenvalue weighted by Crippen LogP contribution is 2.24. The third-order valence-corrected chi connectivity index (χ3v) is 5.28. The van der Waals surface area contributed by atoms with E-state index in [1.807, 2.05) is 51.1 Å². The zero-order valence-corrected chi connectivity index (χ0v) is 14.1. The molecule has 0 unspecified atom stereocenters. The lowest BCUT2D eigenvalue weighted by molar-refractivity contribution is 0.589. The van der Waals surface area contributed by atoms with Crippen LogP contribution in [0.4, 0.5) is 5.69 Å². The van der Waals surface area contributed by atoms with Crippen LogP contribution in [0.2, 0.25) is 0 Å². The van der Waals surface area contributed by atoms with Gasteiger partial charge in [0.2, 0.25) is 10.0 Å². The van der Waals surface area contributed by atoms with Crippen LogP contribution in [0, 0.1) is 13.8 Å². The van der Waals surface area contributed by atoms with E-state index in [0.29, 0.717) is 13.0 Å². The average molecular weight is 318 g/mol. The minimum atomic E-state index is -3.35. The van der Waals surface area contributed by atoms with Gasteiger partial charge in [0.25, 0.3) is 0 Å². The Morgan fingerprint density at radius 1 is 1.14 bits per heavy atom. The summed E-state index contributed by atoms with van der Waals surface area (Å²) in [4.78, 5) is 4.07. The van der Waals surface area contributed by atoms with Crippen molar-refractivity contribution in [2.24, 2.45) is 0 Å². The van der Waals surface area contributed by atoms with Gasteiger partial charge in [0.1, 0.15) is 0 Å². The Morgan fingerprint density at radius 3 is 2.36 bits per heavy atom. The van der Waals surface area contributed by atoms with Crippen LogP contribution in [0.25, 0.3) is 0 Å². The minimum Gasteiger partial charge on any atom is -0.266 e. The summed E-state index contributed by atoms with van der Waals surface area (Å²) in [5, 5.41) is 0. The lowest BCUT2D eigenvalue weighted by Gasteiger charge is -2.25. The second kappa shape index (κ2) is 6.92. The summed E-state index contributed by atoms with van der Waals surface area (Å²) in [7, 11) is -3.35. The Balaban J connectivity index is 2.45. The van der Waals surface area contributed by atoms with E-state index >= 15 is 0 Å². The van der Waals surface area contributed by atoms with E-state index < -0.39 is 10.0 Å². The highest BCUT2D eigenvalue weighted by molar-refractivity contribution is 7.92. The Hall–Kier alpha value is -1.88. The lowest BCUT2D eigenvalue weighted by Crippen LogP contribution is -2.32. The maximum atomic E-state index is 12.7. The molecule has 2 rings (SSSR count). The highest BCUT2D eigenvalue weighted by atomic mass is 32.2. The fourth-order valence-corrected chi connectivity index (χ4v) is 3.98. The normalized spacial score (nSPS) is 11.4. The van der Waals surface area contributed by atoms with Crippen molar-refractivity contribution < 1.29 is 8.42 Å². The first-order chi connectivity index (χ1) is 10.4. The van der Waals surface area contributed by atoms with E-state index in [-0.39, 0.29) is 5.75 Å². The molecule has 0 fully saturated rings. The molecule has 2 aromatic rings. The smallest absolute Gasteiger partial charge is 0.235 e. The molecule has 1 heterocycles. The molecular formula is C17H22N2O2S. The summed E-state index contributed by atoms with van der Waals surface area (Å²) >= 11 is 0. The molecule has 0 aliphatic carbocycles. The second-order valence-corrected chi connectivity index (χ2v) is 7.54. The summed E-state index contributed by atoms with van der Waals surface area (Å²) in [6.07, 6.45) is 3.99. The van der Waals surface area contributed by atoms with Gasteiger partial charge in [-0.05, 0) is 55.2 Å². The third kappa shape index (κ3) is 4.07. The molecule has 0 N–H and O–H groups in total. The molecule has 0 bridgehead atoms. The molecule has 0 saturated carbocycles. The Kier molecular flexibility index (Phi) is 5.19. The molecule has 0 amide bonds. The lowest BCUT2D eigenvalue weighted by atomic mass is 10.1. The van der Waals surface area contributed by atoms with Crippen LogP contribution in [0.15, 0.2) is 42.7 Å². The predicted octanol–water partition coefficient (Wildman–Crippen LogP) is 3.44. The first-order valence-electron chi connectivity index (χ1n) is 7.40. The maximum Gasteiger partial charge on any atom is 0.235 e. The molecule has 0 atom stereocenters. The maximum absolute atomic E-state index is 12.7. The van der Waals surface area contributed by atoms with Crippen molar-refractivity contribution in [1.82, 2.24) is 4.98 Å². The molecule has 22 heavy (non-hydrogen) atoms. The van der Waals surface area contributed by atoms with Gasteiger partial charge >= 0.3 is 0 Å². The van der Waals surface area contributed by atoms with E-state index in [1.54, 1.807) is 12.4 Å². The van der Waals surface area contributed by atoms with Crippen molar-refractivity contribution in [2.75, 3.05) is 10.1 Å². The predicted molar refractivity (Wildman–Crippen MR) is 90.4 cm³/mol. The number of pyridine rings is 1. The summed E-state index contributed by atoms with van der Waals surface area (Å²) in [5.41, 5.74) is 3.70.